The highest BCUT2D eigenvalue weighted by atomic mass is 16.1. The summed E-state index contributed by atoms with van der Waals surface area (Å²) in [5.41, 5.74) is 0. The van der Waals surface area contributed by atoms with Crippen molar-refractivity contribution in [1.29, 1.82) is 0 Å². The summed E-state index contributed by atoms with van der Waals surface area (Å²) in [6, 6.07) is 0.102. The monoisotopic (exact) mass is 171 g/mol. The second kappa shape index (κ2) is 6.18. The standard InChI is InChI=1S/C10H21NO/c1-5-7-11(8-6-2)9(3)10(4)12/h9H,5-8H2,1-4H3/t9-/m1/s1. The SMILES string of the molecule is CCCN(CCC)[C@H](C)C(C)=O. The van der Waals surface area contributed by atoms with E-state index in [-0.39, 0.29) is 11.8 Å². The van der Waals surface area contributed by atoms with Gasteiger partial charge in [0.05, 0.1) is 6.04 Å². The number of rotatable bonds is 6. The first-order valence-electron chi connectivity index (χ1n) is 4.88. The van der Waals surface area contributed by atoms with Gasteiger partial charge in [0.15, 0.2) is 0 Å². The van der Waals surface area contributed by atoms with Crippen LogP contribution in [0.5, 0.6) is 0 Å². The van der Waals surface area contributed by atoms with Crippen LogP contribution in [-0.2, 0) is 4.79 Å². The van der Waals surface area contributed by atoms with Crippen molar-refractivity contribution in [3.05, 3.63) is 0 Å². The van der Waals surface area contributed by atoms with Gasteiger partial charge in [-0.1, -0.05) is 13.8 Å². The van der Waals surface area contributed by atoms with Crippen molar-refractivity contribution < 1.29 is 4.79 Å². The number of Topliss-reactive ketones (excluding diaryl/α,β-unsaturated/α-hetero) is 1. The summed E-state index contributed by atoms with van der Waals surface area (Å²) >= 11 is 0. The van der Waals surface area contributed by atoms with E-state index in [9.17, 15) is 4.79 Å². The molecule has 0 radical (unpaired) electrons. The molecule has 0 saturated heterocycles. The summed E-state index contributed by atoms with van der Waals surface area (Å²) in [7, 11) is 0. The summed E-state index contributed by atoms with van der Waals surface area (Å²) in [6.45, 7) is 10.0. The molecule has 0 fully saturated rings. The molecule has 0 aromatic heterocycles. The minimum absolute atomic E-state index is 0.102. The normalized spacial score (nSPS) is 13.4. The third kappa shape index (κ3) is 3.86. The van der Waals surface area contributed by atoms with Crippen molar-refractivity contribution in [2.24, 2.45) is 0 Å². The predicted molar refractivity (Wildman–Crippen MR) is 52.3 cm³/mol. The molecule has 2 nitrogen and oxygen atoms in total. The highest BCUT2D eigenvalue weighted by molar-refractivity contribution is 5.80. The first-order valence-corrected chi connectivity index (χ1v) is 4.88. The molecule has 0 amide bonds. The van der Waals surface area contributed by atoms with Crippen molar-refractivity contribution in [3.8, 4) is 0 Å². The zero-order valence-electron chi connectivity index (χ0n) is 8.76. The van der Waals surface area contributed by atoms with E-state index in [1.165, 1.54) is 0 Å². The van der Waals surface area contributed by atoms with Crippen LogP contribution in [0.1, 0.15) is 40.5 Å². The fraction of sp³-hybridized carbons (Fsp3) is 0.900. The molecule has 0 aromatic rings. The van der Waals surface area contributed by atoms with Crippen molar-refractivity contribution in [2.45, 2.75) is 46.6 Å². The summed E-state index contributed by atoms with van der Waals surface area (Å²) in [5.74, 6) is 0.275. The quantitative estimate of drug-likeness (QED) is 0.610. The van der Waals surface area contributed by atoms with Gasteiger partial charge in [-0.15, -0.1) is 0 Å². The lowest BCUT2D eigenvalue weighted by Crippen LogP contribution is -2.38. The second-order valence-corrected chi connectivity index (χ2v) is 3.32. The fourth-order valence-electron chi connectivity index (χ4n) is 1.33. The van der Waals surface area contributed by atoms with Gasteiger partial charge in [-0.25, -0.2) is 0 Å². The van der Waals surface area contributed by atoms with Crippen LogP contribution >= 0.6 is 0 Å². The molecule has 0 saturated carbocycles. The Kier molecular flexibility index (Phi) is 5.99. The van der Waals surface area contributed by atoms with E-state index < -0.39 is 0 Å². The maximum absolute atomic E-state index is 11.1. The Labute approximate surface area is 75.9 Å². The zero-order chi connectivity index (χ0) is 9.56. The molecule has 0 aromatic carbocycles. The van der Waals surface area contributed by atoms with Crippen LogP contribution in [0.4, 0.5) is 0 Å². The van der Waals surface area contributed by atoms with Crippen LogP contribution in [-0.4, -0.2) is 29.8 Å². The van der Waals surface area contributed by atoms with Crippen LogP contribution in [0, 0.1) is 0 Å². The molecule has 0 N–H and O–H groups in total. The molecule has 0 unspecified atom stereocenters. The molecular weight excluding hydrogens is 150 g/mol. The maximum atomic E-state index is 11.1. The Hall–Kier alpha value is -0.370. The van der Waals surface area contributed by atoms with Gasteiger partial charge in [-0.2, -0.15) is 0 Å². The van der Waals surface area contributed by atoms with Gasteiger partial charge in [0.2, 0.25) is 0 Å². The molecule has 1 atom stereocenters. The van der Waals surface area contributed by atoms with Gasteiger partial charge in [0.25, 0.3) is 0 Å². The van der Waals surface area contributed by atoms with E-state index in [4.69, 9.17) is 0 Å². The first kappa shape index (κ1) is 11.6. The second-order valence-electron chi connectivity index (χ2n) is 3.32. The van der Waals surface area contributed by atoms with Crippen molar-refractivity contribution >= 4 is 5.78 Å². The summed E-state index contributed by atoms with van der Waals surface area (Å²) in [6.07, 6.45) is 2.25. The highest BCUT2D eigenvalue weighted by Crippen LogP contribution is 2.02. The minimum Gasteiger partial charge on any atom is -0.298 e. The molecule has 0 heterocycles. The molecule has 0 aliphatic heterocycles. The third-order valence-corrected chi connectivity index (χ3v) is 2.16. The van der Waals surface area contributed by atoms with E-state index in [1.54, 1.807) is 6.92 Å². The van der Waals surface area contributed by atoms with Crippen LogP contribution in [0.25, 0.3) is 0 Å². The van der Waals surface area contributed by atoms with Crippen molar-refractivity contribution in [2.75, 3.05) is 13.1 Å². The van der Waals surface area contributed by atoms with Gasteiger partial charge in [-0.3, -0.25) is 9.69 Å². The Bertz CT molecular complexity index is 128. The molecule has 2 heteroatoms. The minimum atomic E-state index is 0.102. The molecule has 0 spiro atoms. The van der Waals surface area contributed by atoms with Gasteiger partial charge < -0.3 is 0 Å². The summed E-state index contributed by atoms with van der Waals surface area (Å²) < 4.78 is 0. The maximum Gasteiger partial charge on any atom is 0.146 e. The van der Waals surface area contributed by atoms with Gasteiger partial charge in [0, 0.05) is 0 Å². The lowest BCUT2D eigenvalue weighted by atomic mass is 10.2. The number of hydrogen-bond acceptors (Lipinski definition) is 2. The average molecular weight is 171 g/mol. The molecule has 0 bridgehead atoms. The van der Waals surface area contributed by atoms with E-state index in [0.717, 1.165) is 25.9 Å². The van der Waals surface area contributed by atoms with E-state index in [1.807, 2.05) is 6.92 Å². The van der Waals surface area contributed by atoms with Crippen molar-refractivity contribution in [3.63, 3.8) is 0 Å². The molecule has 0 rings (SSSR count). The van der Waals surface area contributed by atoms with E-state index in [2.05, 4.69) is 18.7 Å². The van der Waals surface area contributed by atoms with Crippen LogP contribution < -0.4 is 0 Å². The van der Waals surface area contributed by atoms with Gasteiger partial charge in [0.1, 0.15) is 5.78 Å². The summed E-state index contributed by atoms with van der Waals surface area (Å²) in [5, 5.41) is 0. The van der Waals surface area contributed by atoms with Gasteiger partial charge in [-0.05, 0) is 39.8 Å². The van der Waals surface area contributed by atoms with E-state index >= 15 is 0 Å². The largest absolute Gasteiger partial charge is 0.298 e. The Morgan fingerprint density at radius 1 is 1.25 bits per heavy atom. The number of ketones is 1. The number of carbonyl (C=O) groups is 1. The van der Waals surface area contributed by atoms with Crippen LogP contribution in [0.3, 0.4) is 0 Å². The third-order valence-electron chi connectivity index (χ3n) is 2.16. The van der Waals surface area contributed by atoms with Crippen LogP contribution in [0.15, 0.2) is 0 Å². The molecule has 72 valence electrons. The predicted octanol–water partition coefficient (Wildman–Crippen LogP) is 2.09. The smallest absolute Gasteiger partial charge is 0.146 e. The van der Waals surface area contributed by atoms with E-state index in [0.29, 0.717) is 0 Å². The molecule has 0 aliphatic carbocycles. The summed E-state index contributed by atoms with van der Waals surface area (Å²) in [4.78, 5) is 13.3. The Balaban J connectivity index is 3.98. The number of hydrogen-bond donors (Lipinski definition) is 0. The number of carbonyl (C=O) groups excluding carboxylic acids is 1. The van der Waals surface area contributed by atoms with Crippen molar-refractivity contribution in [1.82, 2.24) is 4.90 Å². The lowest BCUT2D eigenvalue weighted by Gasteiger charge is -2.26. The lowest BCUT2D eigenvalue weighted by molar-refractivity contribution is -0.121. The topological polar surface area (TPSA) is 20.3 Å². The fourth-order valence-corrected chi connectivity index (χ4v) is 1.33. The van der Waals surface area contributed by atoms with Gasteiger partial charge >= 0.3 is 0 Å². The Morgan fingerprint density at radius 3 is 1.92 bits per heavy atom. The molecular formula is C10H21NO. The highest BCUT2D eigenvalue weighted by Gasteiger charge is 2.15. The zero-order valence-corrected chi connectivity index (χ0v) is 8.76. The molecule has 0 aliphatic rings. The molecule has 12 heavy (non-hydrogen) atoms. The Morgan fingerprint density at radius 2 is 1.67 bits per heavy atom. The average Bonchev–Trinajstić information content (AvgIpc) is 2.03. The van der Waals surface area contributed by atoms with Crippen LogP contribution in [0.2, 0.25) is 0 Å². The first-order chi connectivity index (χ1) is 5.63. The number of nitrogens with zero attached hydrogens (tertiary/aromatic N) is 1.